The van der Waals surface area contributed by atoms with Crippen molar-refractivity contribution < 1.29 is 4.74 Å². The second kappa shape index (κ2) is 7.62. The largest absolute Gasteiger partial charge is 0.497 e. The Morgan fingerprint density at radius 2 is 1.70 bits per heavy atom. The molecule has 1 saturated heterocycles. The van der Waals surface area contributed by atoms with Crippen LogP contribution >= 0.6 is 0 Å². The normalized spacial score (nSPS) is 18.9. The van der Waals surface area contributed by atoms with Gasteiger partial charge in [-0.05, 0) is 30.7 Å². The van der Waals surface area contributed by atoms with Crippen molar-refractivity contribution in [1.29, 1.82) is 0 Å². The molecule has 1 heterocycles. The third-order valence-corrected chi connectivity index (χ3v) is 4.00. The zero-order valence-corrected chi connectivity index (χ0v) is 12.7. The highest BCUT2D eigenvalue weighted by molar-refractivity contribution is 5.29. The molecule has 1 unspecified atom stereocenters. The molecule has 0 bridgehead atoms. The predicted molar refractivity (Wildman–Crippen MR) is 83.1 cm³/mol. The SMILES string of the molecule is CCCN1CCN(CC(N)c2ccc(OC)cc2)CC1. The van der Waals surface area contributed by atoms with Crippen LogP contribution in [0.25, 0.3) is 0 Å². The van der Waals surface area contributed by atoms with Crippen LogP contribution in [0.15, 0.2) is 24.3 Å². The van der Waals surface area contributed by atoms with Crippen LogP contribution in [0.4, 0.5) is 0 Å². The van der Waals surface area contributed by atoms with Crippen LogP contribution in [-0.4, -0.2) is 56.2 Å². The molecule has 2 rings (SSSR count). The second-order valence-electron chi connectivity index (χ2n) is 5.52. The first-order chi connectivity index (χ1) is 9.72. The van der Waals surface area contributed by atoms with E-state index in [4.69, 9.17) is 10.5 Å². The maximum atomic E-state index is 6.31. The Hall–Kier alpha value is -1.10. The molecule has 1 aliphatic heterocycles. The molecule has 1 aliphatic rings. The van der Waals surface area contributed by atoms with Crippen LogP contribution in [0.3, 0.4) is 0 Å². The van der Waals surface area contributed by atoms with Crippen molar-refractivity contribution in [1.82, 2.24) is 9.80 Å². The van der Waals surface area contributed by atoms with Crippen molar-refractivity contribution >= 4 is 0 Å². The fourth-order valence-corrected chi connectivity index (χ4v) is 2.75. The molecule has 20 heavy (non-hydrogen) atoms. The van der Waals surface area contributed by atoms with E-state index in [2.05, 4.69) is 28.9 Å². The van der Waals surface area contributed by atoms with Gasteiger partial charge in [0.2, 0.25) is 0 Å². The number of hydrogen-bond donors (Lipinski definition) is 1. The third-order valence-electron chi connectivity index (χ3n) is 4.00. The standard InChI is InChI=1S/C16H27N3O/c1-3-8-18-9-11-19(12-10-18)13-16(17)14-4-6-15(20-2)7-5-14/h4-7,16H,3,8-13,17H2,1-2H3. The van der Waals surface area contributed by atoms with Crippen molar-refractivity contribution in [2.75, 3.05) is 46.4 Å². The van der Waals surface area contributed by atoms with Gasteiger partial charge in [0, 0.05) is 38.8 Å². The summed E-state index contributed by atoms with van der Waals surface area (Å²) >= 11 is 0. The van der Waals surface area contributed by atoms with Crippen molar-refractivity contribution in [2.45, 2.75) is 19.4 Å². The zero-order valence-electron chi connectivity index (χ0n) is 12.7. The van der Waals surface area contributed by atoms with Gasteiger partial charge in [0.1, 0.15) is 5.75 Å². The molecular formula is C16H27N3O. The first kappa shape index (κ1) is 15.3. The number of nitrogens with two attached hydrogens (primary N) is 1. The maximum Gasteiger partial charge on any atom is 0.118 e. The molecule has 2 N–H and O–H groups in total. The molecule has 0 saturated carbocycles. The fraction of sp³-hybridized carbons (Fsp3) is 0.625. The van der Waals surface area contributed by atoms with Crippen LogP contribution in [-0.2, 0) is 0 Å². The van der Waals surface area contributed by atoms with Gasteiger partial charge in [0.05, 0.1) is 7.11 Å². The molecule has 0 amide bonds. The summed E-state index contributed by atoms with van der Waals surface area (Å²) in [6.07, 6.45) is 1.24. The Bertz CT molecular complexity index is 385. The minimum absolute atomic E-state index is 0.0821. The van der Waals surface area contributed by atoms with E-state index in [0.29, 0.717) is 0 Å². The number of nitrogens with zero attached hydrogens (tertiary/aromatic N) is 2. The van der Waals surface area contributed by atoms with E-state index in [0.717, 1.165) is 25.4 Å². The van der Waals surface area contributed by atoms with E-state index in [1.165, 1.54) is 31.6 Å². The number of rotatable bonds is 6. The Balaban J connectivity index is 1.81. The van der Waals surface area contributed by atoms with Gasteiger partial charge in [-0.2, -0.15) is 0 Å². The predicted octanol–water partition coefficient (Wildman–Crippen LogP) is 1.72. The van der Waals surface area contributed by atoms with Gasteiger partial charge in [0.15, 0.2) is 0 Å². The summed E-state index contributed by atoms with van der Waals surface area (Å²) in [5.74, 6) is 0.883. The summed E-state index contributed by atoms with van der Waals surface area (Å²) in [6, 6.07) is 8.18. The van der Waals surface area contributed by atoms with Crippen LogP contribution in [0.2, 0.25) is 0 Å². The minimum atomic E-state index is 0.0821. The molecule has 1 aromatic carbocycles. The topological polar surface area (TPSA) is 41.7 Å². The van der Waals surface area contributed by atoms with Crippen molar-refractivity contribution in [3.63, 3.8) is 0 Å². The Morgan fingerprint density at radius 3 is 2.25 bits per heavy atom. The molecule has 0 spiro atoms. The van der Waals surface area contributed by atoms with Gasteiger partial charge in [-0.1, -0.05) is 19.1 Å². The van der Waals surface area contributed by atoms with Crippen molar-refractivity contribution in [3.8, 4) is 5.75 Å². The summed E-state index contributed by atoms with van der Waals surface area (Å²) < 4.78 is 5.18. The Morgan fingerprint density at radius 1 is 1.10 bits per heavy atom. The lowest BCUT2D eigenvalue weighted by atomic mass is 10.1. The van der Waals surface area contributed by atoms with Crippen molar-refractivity contribution in [3.05, 3.63) is 29.8 Å². The average molecular weight is 277 g/mol. The van der Waals surface area contributed by atoms with E-state index >= 15 is 0 Å². The molecule has 4 heteroatoms. The van der Waals surface area contributed by atoms with Crippen LogP contribution in [0.1, 0.15) is 24.9 Å². The quantitative estimate of drug-likeness (QED) is 0.860. The Kier molecular flexibility index (Phi) is 5.83. The van der Waals surface area contributed by atoms with Crippen LogP contribution in [0.5, 0.6) is 5.75 Å². The van der Waals surface area contributed by atoms with E-state index < -0.39 is 0 Å². The van der Waals surface area contributed by atoms with Crippen LogP contribution in [0, 0.1) is 0 Å². The minimum Gasteiger partial charge on any atom is -0.497 e. The Labute approximate surface area is 122 Å². The molecule has 112 valence electrons. The van der Waals surface area contributed by atoms with E-state index in [1.54, 1.807) is 7.11 Å². The lowest BCUT2D eigenvalue weighted by molar-refractivity contribution is 0.127. The highest BCUT2D eigenvalue weighted by atomic mass is 16.5. The van der Waals surface area contributed by atoms with Gasteiger partial charge in [-0.25, -0.2) is 0 Å². The van der Waals surface area contributed by atoms with Gasteiger partial charge in [-0.3, -0.25) is 4.90 Å². The zero-order chi connectivity index (χ0) is 14.4. The summed E-state index contributed by atoms with van der Waals surface area (Å²) in [6.45, 7) is 9.00. The molecule has 0 aliphatic carbocycles. The summed E-state index contributed by atoms with van der Waals surface area (Å²) in [5, 5.41) is 0. The lowest BCUT2D eigenvalue weighted by Crippen LogP contribution is -2.48. The second-order valence-corrected chi connectivity index (χ2v) is 5.52. The number of hydrogen-bond acceptors (Lipinski definition) is 4. The number of benzene rings is 1. The van der Waals surface area contributed by atoms with Gasteiger partial charge >= 0.3 is 0 Å². The first-order valence-corrected chi connectivity index (χ1v) is 7.57. The smallest absolute Gasteiger partial charge is 0.118 e. The highest BCUT2D eigenvalue weighted by Crippen LogP contribution is 2.17. The molecule has 1 atom stereocenters. The first-order valence-electron chi connectivity index (χ1n) is 7.57. The monoisotopic (exact) mass is 277 g/mol. The molecule has 1 aromatic rings. The van der Waals surface area contributed by atoms with Gasteiger partial charge < -0.3 is 15.4 Å². The fourth-order valence-electron chi connectivity index (χ4n) is 2.75. The number of methoxy groups -OCH3 is 1. The highest BCUT2D eigenvalue weighted by Gasteiger charge is 2.18. The summed E-state index contributed by atoms with van der Waals surface area (Å²) in [5.41, 5.74) is 7.50. The number of piperazine rings is 1. The van der Waals surface area contributed by atoms with Gasteiger partial charge in [0.25, 0.3) is 0 Å². The molecule has 0 aromatic heterocycles. The molecule has 1 fully saturated rings. The number of ether oxygens (including phenoxy) is 1. The average Bonchev–Trinajstić information content (AvgIpc) is 2.49. The molecule has 4 nitrogen and oxygen atoms in total. The van der Waals surface area contributed by atoms with E-state index in [1.807, 2.05) is 12.1 Å². The van der Waals surface area contributed by atoms with E-state index in [-0.39, 0.29) is 6.04 Å². The molecular weight excluding hydrogens is 250 g/mol. The molecule has 0 radical (unpaired) electrons. The third kappa shape index (κ3) is 4.20. The van der Waals surface area contributed by atoms with E-state index in [9.17, 15) is 0 Å². The van der Waals surface area contributed by atoms with Gasteiger partial charge in [-0.15, -0.1) is 0 Å². The van der Waals surface area contributed by atoms with Crippen LogP contribution < -0.4 is 10.5 Å². The summed E-state index contributed by atoms with van der Waals surface area (Å²) in [7, 11) is 1.69. The lowest BCUT2D eigenvalue weighted by Gasteiger charge is -2.35. The van der Waals surface area contributed by atoms with Crippen molar-refractivity contribution in [2.24, 2.45) is 5.73 Å². The summed E-state index contributed by atoms with van der Waals surface area (Å²) in [4.78, 5) is 5.01. The maximum absolute atomic E-state index is 6.31.